The van der Waals surface area contributed by atoms with Gasteiger partial charge in [0, 0.05) is 38.1 Å². The van der Waals surface area contributed by atoms with E-state index in [1.54, 1.807) is 0 Å². The van der Waals surface area contributed by atoms with Crippen LogP contribution in [0.3, 0.4) is 0 Å². The molecule has 1 fully saturated rings. The predicted molar refractivity (Wildman–Crippen MR) is 66.3 cm³/mol. The third-order valence-electron chi connectivity index (χ3n) is 3.31. The fraction of sp³-hybridized carbons (Fsp3) is 0.615. The SMILES string of the molecule is CCCN(Cc1cnccc1C)C1CNC1. The Bertz CT molecular complexity index is 334. The number of pyridine rings is 1. The van der Waals surface area contributed by atoms with Gasteiger partial charge in [0.15, 0.2) is 0 Å². The first-order chi connectivity index (χ1) is 7.81. The molecule has 1 saturated heterocycles. The number of hydrogen-bond acceptors (Lipinski definition) is 3. The van der Waals surface area contributed by atoms with E-state index in [1.165, 1.54) is 24.1 Å². The van der Waals surface area contributed by atoms with E-state index in [4.69, 9.17) is 0 Å². The lowest BCUT2D eigenvalue weighted by Crippen LogP contribution is -2.57. The molecule has 3 heteroatoms. The van der Waals surface area contributed by atoms with Crippen LogP contribution in [0.1, 0.15) is 24.5 Å². The minimum Gasteiger partial charge on any atom is -0.314 e. The minimum absolute atomic E-state index is 0.722. The topological polar surface area (TPSA) is 28.2 Å². The van der Waals surface area contributed by atoms with Crippen molar-refractivity contribution in [1.29, 1.82) is 0 Å². The van der Waals surface area contributed by atoms with E-state index in [0.29, 0.717) is 0 Å². The van der Waals surface area contributed by atoms with E-state index in [0.717, 1.165) is 25.7 Å². The van der Waals surface area contributed by atoms with E-state index < -0.39 is 0 Å². The molecule has 2 rings (SSSR count). The van der Waals surface area contributed by atoms with Crippen molar-refractivity contribution in [3.8, 4) is 0 Å². The number of nitrogens with one attached hydrogen (secondary N) is 1. The lowest BCUT2D eigenvalue weighted by Gasteiger charge is -2.38. The van der Waals surface area contributed by atoms with Crippen molar-refractivity contribution >= 4 is 0 Å². The Morgan fingerprint density at radius 1 is 1.50 bits per heavy atom. The molecular formula is C13H21N3. The smallest absolute Gasteiger partial charge is 0.0348 e. The molecule has 0 radical (unpaired) electrons. The Hall–Kier alpha value is -0.930. The Kier molecular flexibility index (Phi) is 3.91. The number of nitrogens with zero attached hydrogens (tertiary/aromatic N) is 2. The van der Waals surface area contributed by atoms with Crippen molar-refractivity contribution < 1.29 is 0 Å². The highest BCUT2D eigenvalue weighted by atomic mass is 15.2. The van der Waals surface area contributed by atoms with E-state index in [1.807, 2.05) is 12.4 Å². The van der Waals surface area contributed by atoms with Gasteiger partial charge in [-0.05, 0) is 37.1 Å². The second-order valence-electron chi connectivity index (χ2n) is 4.58. The van der Waals surface area contributed by atoms with Crippen LogP contribution in [-0.2, 0) is 6.54 Å². The van der Waals surface area contributed by atoms with Crippen LogP contribution in [0.2, 0.25) is 0 Å². The number of rotatable bonds is 5. The van der Waals surface area contributed by atoms with Gasteiger partial charge in [-0.2, -0.15) is 0 Å². The third kappa shape index (κ3) is 2.60. The first-order valence-electron chi connectivity index (χ1n) is 6.15. The van der Waals surface area contributed by atoms with Gasteiger partial charge in [-0.25, -0.2) is 0 Å². The maximum Gasteiger partial charge on any atom is 0.0348 e. The van der Waals surface area contributed by atoms with Gasteiger partial charge in [0.25, 0.3) is 0 Å². The van der Waals surface area contributed by atoms with Crippen molar-refractivity contribution in [1.82, 2.24) is 15.2 Å². The molecule has 88 valence electrons. The van der Waals surface area contributed by atoms with Gasteiger partial charge in [-0.3, -0.25) is 9.88 Å². The van der Waals surface area contributed by atoms with E-state index in [-0.39, 0.29) is 0 Å². The molecule has 0 amide bonds. The summed E-state index contributed by atoms with van der Waals surface area (Å²) in [4.78, 5) is 6.79. The zero-order valence-corrected chi connectivity index (χ0v) is 10.2. The summed E-state index contributed by atoms with van der Waals surface area (Å²) in [7, 11) is 0. The summed E-state index contributed by atoms with van der Waals surface area (Å²) in [5.74, 6) is 0. The van der Waals surface area contributed by atoms with Gasteiger partial charge in [-0.15, -0.1) is 0 Å². The van der Waals surface area contributed by atoms with Gasteiger partial charge in [0.1, 0.15) is 0 Å². The summed E-state index contributed by atoms with van der Waals surface area (Å²) in [5, 5.41) is 3.34. The Morgan fingerprint density at radius 3 is 2.88 bits per heavy atom. The molecule has 0 aromatic carbocycles. The molecule has 1 N–H and O–H groups in total. The monoisotopic (exact) mass is 219 g/mol. The second kappa shape index (κ2) is 5.41. The van der Waals surface area contributed by atoms with Crippen LogP contribution in [0.25, 0.3) is 0 Å². The van der Waals surface area contributed by atoms with Crippen LogP contribution in [0.5, 0.6) is 0 Å². The molecule has 1 aliphatic rings. The van der Waals surface area contributed by atoms with Gasteiger partial charge >= 0.3 is 0 Å². The summed E-state index contributed by atoms with van der Waals surface area (Å²) < 4.78 is 0. The minimum atomic E-state index is 0.722. The van der Waals surface area contributed by atoms with E-state index in [2.05, 4.69) is 35.1 Å². The van der Waals surface area contributed by atoms with Crippen LogP contribution >= 0.6 is 0 Å². The summed E-state index contributed by atoms with van der Waals surface area (Å²) in [5.41, 5.74) is 2.71. The quantitative estimate of drug-likeness (QED) is 0.815. The fourth-order valence-corrected chi connectivity index (χ4v) is 2.09. The molecule has 0 unspecified atom stereocenters. The molecular weight excluding hydrogens is 198 g/mol. The number of aromatic nitrogens is 1. The van der Waals surface area contributed by atoms with Crippen LogP contribution in [-0.4, -0.2) is 35.6 Å². The predicted octanol–water partition coefficient (Wildman–Crippen LogP) is 1.57. The summed E-state index contributed by atoms with van der Waals surface area (Å²) in [6.45, 7) is 8.91. The lowest BCUT2D eigenvalue weighted by atomic mass is 10.1. The Balaban J connectivity index is 2.01. The normalized spacial score (nSPS) is 16.4. The van der Waals surface area contributed by atoms with Crippen molar-refractivity contribution in [2.75, 3.05) is 19.6 Å². The average molecular weight is 219 g/mol. The highest BCUT2D eigenvalue weighted by Crippen LogP contribution is 2.14. The molecule has 0 saturated carbocycles. The first kappa shape index (κ1) is 11.6. The van der Waals surface area contributed by atoms with Crippen LogP contribution in [0, 0.1) is 6.92 Å². The first-order valence-corrected chi connectivity index (χ1v) is 6.15. The molecule has 1 aromatic rings. The van der Waals surface area contributed by atoms with Gasteiger partial charge in [0.2, 0.25) is 0 Å². The number of aryl methyl sites for hydroxylation is 1. The van der Waals surface area contributed by atoms with Crippen LogP contribution in [0.15, 0.2) is 18.5 Å². The highest BCUT2D eigenvalue weighted by Gasteiger charge is 2.24. The van der Waals surface area contributed by atoms with E-state index in [9.17, 15) is 0 Å². The van der Waals surface area contributed by atoms with Gasteiger partial charge in [-0.1, -0.05) is 6.92 Å². The zero-order valence-electron chi connectivity index (χ0n) is 10.2. The summed E-state index contributed by atoms with van der Waals surface area (Å²) in [6, 6.07) is 2.82. The molecule has 16 heavy (non-hydrogen) atoms. The lowest BCUT2D eigenvalue weighted by molar-refractivity contribution is 0.137. The van der Waals surface area contributed by atoms with Gasteiger partial charge < -0.3 is 5.32 Å². The highest BCUT2D eigenvalue weighted by molar-refractivity contribution is 5.21. The molecule has 0 aliphatic carbocycles. The molecule has 0 bridgehead atoms. The van der Waals surface area contributed by atoms with Crippen molar-refractivity contribution in [3.63, 3.8) is 0 Å². The maximum atomic E-state index is 4.22. The molecule has 2 heterocycles. The molecule has 3 nitrogen and oxygen atoms in total. The zero-order chi connectivity index (χ0) is 11.4. The van der Waals surface area contributed by atoms with Crippen LogP contribution < -0.4 is 5.32 Å². The summed E-state index contributed by atoms with van der Waals surface area (Å²) >= 11 is 0. The van der Waals surface area contributed by atoms with E-state index >= 15 is 0 Å². The summed E-state index contributed by atoms with van der Waals surface area (Å²) in [6.07, 6.45) is 5.09. The molecule has 0 atom stereocenters. The maximum absolute atomic E-state index is 4.22. The Labute approximate surface area is 97.9 Å². The molecule has 1 aliphatic heterocycles. The Morgan fingerprint density at radius 2 is 2.31 bits per heavy atom. The fourth-order valence-electron chi connectivity index (χ4n) is 2.09. The third-order valence-corrected chi connectivity index (χ3v) is 3.31. The molecule has 1 aromatic heterocycles. The average Bonchev–Trinajstić information content (AvgIpc) is 2.19. The van der Waals surface area contributed by atoms with Crippen LogP contribution in [0.4, 0.5) is 0 Å². The van der Waals surface area contributed by atoms with Gasteiger partial charge in [0.05, 0.1) is 0 Å². The second-order valence-corrected chi connectivity index (χ2v) is 4.58. The van der Waals surface area contributed by atoms with Crippen molar-refractivity contribution in [2.24, 2.45) is 0 Å². The standard InChI is InChI=1S/C13H21N3/c1-3-6-16(13-8-15-9-13)10-12-7-14-5-4-11(12)2/h4-5,7,13,15H,3,6,8-10H2,1-2H3. The molecule has 0 spiro atoms. The van der Waals surface area contributed by atoms with Crippen molar-refractivity contribution in [3.05, 3.63) is 29.6 Å². The van der Waals surface area contributed by atoms with Crippen molar-refractivity contribution in [2.45, 2.75) is 32.9 Å². The largest absolute Gasteiger partial charge is 0.314 e. The number of hydrogen-bond donors (Lipinski definition) is 1.